The lowest BCUT2D eigenvalue weighted by atomic mass is 9.92. The lowest BCUT2D eigenvalue weighted by molar-refractivity contribution is -0.139. The smallest absolute Gasteiger partial charge is 0.416 e. The van der Waals surface area contributed by atoms with Gasteiger partial charge in [0.2, 0.25) is 0 Å². The number of phenols is 1. The third-order valence-corrected chi connectivity index (χ3v) is 27.2. The number of carbonyl (C=O) groups excluding carboxylic acids is 4. The Balaban J connectivity index is 0.000000125. The lowest BCUT2D eigenvalue weighted by Crippen LogP contribution is -2.42. The highest BCUT2D eigenvalue weighted by atomic mass is 35.5. The van der Waals surface area contributed by atoms with Crippen molar-refractivity contribution in [1.29, 1.82) is 0 Å². The summed E-state index contributed by atoms with van der Waals surface area (Å²) in [7, 11) is 0. The number of rotatable bonds is 20. The van der Waals surface area contributed by atoms with Crippen molar-refractivity contribution < 1.29 is 77.1 Å². The van der Waals surface area contributed by atoms with Gasteiger partial charge in [-0.05, 0) is 302 Å². The van der Waals surface area contributed by atoms with Crippen LogP contribution in [0.25, 0.3) is 43.6 Å². The van der Waals surface area contributed by atoms with E-state index in [2.05, 4.69) is 26.5 Å². The van der Waals surface area contributed by atoms with Crippen LogP contribution in [0.4, 0.5) is 19.2 Å². The summed E-state index contributed by atoms with van der Waals surface area (Å²) < 4.78 is 51.6. The summed E-state index contributed by atoms with van der Waals surface area (Å²) >= 11 is 49.0. The average Bonchev–Trinajstić information content (AvgIpc) is 1.61. The molecule has 0 unspecified atom stereocenters. The summed E-state index contributed by atoms with van der Waals surface area (Å²) in [4.78, 5) is 74.3. The van der Waals surface area contributed by atoms with Crippen molar-refractivity contribution in [2.75, 3.05) is 59.2 Å². The number of hydrogen-bond acceptors (Lipinski definition) is 16. The molecule has 728 valence electrons. The molecule has 9 heterocycles. The van der Waals surface area contributed by atoms with Gasteiger partial charge in [-0.1, -0.05) is 154 Å². The first kappa shape index (κ1) is 99.1. The maximum atomic E-state index is 13.5. The van der Waals surface area contributed by atoms with Gasteiger partial charge in [0, 0.05) is 146 Å². The van der Waals surface area contributed by atoms with Crippen LogP contribution >= 0.6 is 92.8 Å². The van der Waals surface area contributed by atoms with Crippen molar-refractivity contribution in [1.82, 2.24) is 39.5 Å². The molecule has 12 aromatic carbocycles. The second kappa shape index (κ2) is 44.2. The monoisotopic (exact) mass is 2060 g/mol. The average molecular weight is 2070 g/mol. The molecule has 24 nitrogen and oxygen atoms in total. The molecule has 0 spiro atoms. The molecule has 21 rings (SSSR count). The number of aromatic hydroxyl groups is 1. The molecule has 6 atom stereocenters. The second-order valence-electron chi connectivity index (χ2n) is 35.0. The molecular weight excluding hydrogens is 1970 g/mol. The van der Waals surface area contributed by atoms with Crippen LogP contribution in [-0.4, -0.2) is 156 Å². The number of aliphatic hydroxyl groups excluding tert-OH is 2. The summed E-state index contributed by atoms with van der Waals surface area (Å²) in [5, 5.41) is 37.4. The second-order valence-corrected chi connectivity index (χ2v) is 38.5. The summed E-state index contributed by atoms with van der Waals surface area (Å²) in [5.41, 5.74) is 15.8. The van der Waals surface area contributed by atoms with Crippen molar-refractivity contribution in [3.8, 4) is 46.0 Å². The van der Waals surface area contributed by atoms with Gasteiger partial charge in [0.1, 0.15) is 76.8 Å². The molecule has 0 saturated carbocycles. The molecule has 16 aromatic rings. The number of nitrogens with zero attached hydrogens (tertiary/aromatic N) is 4. The number of phenolic OH excluding ortho intramolecular Hbond substituents is 1. The third-order valence-electron chi connectivity index (χ3n) is 25.2. The quantitative estimate of drug-likeness (QED) is 0.0349. The number of ether oxygens (including phenoxy) is 9. The van der Waals surface area contributed by atoms with Gasteiger partial charge in [0.25, 0.3) is 0 Å². The molecule has 5 aliphatic rings. The van der Waals surface area contributed by atoms with Crippen LogP contribution in [-0.2, 0) is 35.2 Å². The summed E-state index contributed by atoms with van der Waals surface area (Å²) in [6.07, 6.45) is 2.86. The Hall–Kier alpha value is -13.0. The largest absolute Gasteiger partial charge is 0.508 e. The molecule has 1 fully saturated rings. The summed E-state index contributed by atoms with van der Waals surface area (Å²) in [6.45, 7) is 10.9. The zero-order chi connectivity index (χ0) is 99.0. The molecule has 5 aliphatic heterocycles. The minimum Gasteiger partial charge on any atom is -0.508 e. The van der Waals surface area contributed by atoms with Crippen LogP contribution in [0.5, 0.6) is 46.0 Å². The molecule has 0 aliphatic carbocycles. The van der Waals surface area contributed by atoms with Crippen LogP contribution in [0.15, 0.2) is 280 Å². The molecule has 7 N–H and O–H groups in total. The fourth-order valence-corrected chi connectivity index (χ4v) is 19.7. The predicted molar refractivity (Wildman–Crippen MR) is 553 cm³/mol. The van der Waals surface area contributed by atoms with Crippen molar-refractivity contribution in [2.45, 2.75) is 94.5 Å². The fraction of sp³-hybridized carbons (Fsp3) is 0.218. The van der Waals surface area contributed by atoms with E-state index in [1.165, 1.54) is 0 Å². The Morgan fingerprint density at radius 2 is 0.655 bits per heavy atom. The number of aromatic amines is 4. The summed E-state index contributed by atoms with van der Waals surface area (Å²) in [5.74, 6) is 3.45. The Morgan fingerprint density at radius 1 is 0.387 bits per heavy atom. The van der Waals surface area contributed by atoms with Crippen molar-refractivity contribution >= 4 is 161 Å². The Morgan fingerprint density at radius 3 is 0.930 bits per heavy atom. The number of aliphatic hydroxyl groups is 2. The molecule has 4 aromatic heterocycles. The van der Waals surface area contributed by atoms with Gasteiger partial charge < -0.3 is 77.9 Å². The molecule has 32 heteroatoms. The lowest BCUT2D eigenvalue weighted by Gasteiger charge is -2.35. The molecule has 0 bridgehead atoms. The van der Waals surface area contributed by atoms with Crippen LogP contribution in [0, 0.1) is 0 Å². The van der Waals surface area contributed by atoms with Crippen LogP contribution in [0.3, 0.4) is 0 Å². The van der Waals surface area contributed by atoms with E-state index in [4.69, 9.17) is 141 Å². The first-order valence-corrected chi connectivity index (χ1v) is 49.1. The highest BCUT2D eigenvalue weighted by molar-refractivity contribution is 6.33. The zero-order valence-corrected chi connectivity index (χ0v) is 82.8. The van der Waals surface area contributed by atoms with Crippen LogP contribution in [0.2, 0.25) is 40.2 Å². The minimum atomic E-state index is -0.810. The highest BCUT2D eigenvalue weighted by Gasteiger charge is 2.42. The number of fused-ring (bicyclic) bond motifs is 12. The first-order chi connectivity index (χ1) is 68.7. The number of benzene rings is 12. The van der Waals surface area contributed by atoms with E-state index in [0.29, 0.717) is 147 Å². The standard InChI is InChI=1S/C31H30Cl2N2O5.C28H26Cl2N2O5.C27H22Cl2N2O3.C24H18Cl2N2O3/c1-31(2)38-18-24(40-31)14-16-37-22-8-3-19(4-9-22)29-28-25(26-17-21(33)7-12-27(26)34-28)13-15-35(29)30(36)39-23-10-5-20(32)6-11-23;29-18-3-8-22(9-4-18)37-28(35)32-13-11-23-24-15-19(30)5-10-25(24)31-26(23)27(32)17-1-6-21(7-2-17)36-14-12-20(34)16-33;1-2-15-33-20-8-3-17(4-9-20)26-25-22(23-16-19(29)7-12-24(23)30-25)13-14-31(26)27(32)34-21-10-5-18(28)6-11-21;25-15-3-8-18(9-4-15)31-24(30)28-12-11-19-20-13-16(26)5-10-21(20)27-22(19)23(28)14-1-6-17(29)7-2-14/h3-12,17,24,29,34H,13-16,18H2,1-2H3;1-10,15,20,27,31,33-34H,11-14,16H2;2-12,16,26,30H,1,13-15H2;1-10,13,23,27,29H,11-12H2/t24-,29+;20-,27+;26-;23-/m0011/s1. The SMILES string of the molecule is C=CCOc1ccc([C@@H]2c3[nH]c4ccc(Cl)cc4c3CCN2C(=O)Oc2ccc(Cl)cc2)cc1.CC1(C)OC[C@H](CCOc2ccc([C@@H]3c4[nH]c5ccc(Cl)cc5c4CCN3C(=O)Oc3ccc(Cl)cc3)cc2)O1.O=C(Oc1ccc(Cl)cc1)N1CCc2c([nH]c3ccc(Cl)cc23)[C@H]1c1ccc(O)cc1.O=C(Oc1ccc(Cl)cc1)N1CCc2c([nH]c3ccc(Cl)cc23)[C@H]1c1ccc(OCC[C@H](O)CO)cc1. The van der Waals surface area contributed by atoms with E-state index >= 15 is 0 Å². The number of carbonyl (C=O) groups is 4. The molecule has 142 heavy (non-hydrogen) atoms. The van der Waals surface area contributed by atoms with E-state index in [0.717, 1.165) is 129 Å². The van der Waals surface area contributed by atoms with Gasteiger partial charge in [0.15, 0.2) is 5.79 Å². The summed E-state index contributed by atoms with van der Waals surface area (Å²) in [6, 6.07) is 78.4. The van der Waals surface area contributed by atoms with E-state index in [9.17, 15) is 29.4 Å². The topological polar surface area (TPSA) is 288 Å². The van der Waals surface area contributed by atoms with E-state index in [1.807, 2.05) is 172 Å². The number of aromatic nitrogens is 4. The molecule has 4 amide bonds. The molecule has 0 radical (unpaired) electrons. The number of H-pyrrole nitrogens is 4. The van der Waals surface area contributed by atoms with E-state index in [-0.39, 0.29) is 37.2 Å². The maximum absolute atomic E-state index is 13.5. The van der Waals surface area contributed by atoms with Crippen LogP contribution in [0.1, 0.15) is 118 Å². The number of amides is 4. The minimum absolute atomic E-state index is 0.0191. The normalized spacial score (nSPS) is 16.8. The predicted octanol–water partition coefficient (Wildman–Crippen LogP) is 26.8. The van der Waals surface area contributed by atoms with Gasteiger partial charge in [-0.25, -0.2) is 19.2 Å². The molecular formula is C110H96Cl8N8O16. The Bertz CT molecular complexity index is 7230. The Labute approximate surface area is 857 Å². The van der Waals surface area contributed by atoms with Gasteiger partial charge in [-0.3, -0.25) is 19.6 Å². The highest BCUT2D eigenvalue weighted by Crippen LogP contribution is 2.47. The van der Waals surface area contributed by atoms with Gasteiger partial charge >= 0.3 is 24.4 Å². The number of halogens is 8. The number of hydrogen-bond donors (Lipinski definition) is 7. The maximum Gasteiger partial charge on any atom is 0.416 e. The fourth-order valence-electron chi connectivity index (χ4n) is 18.5. The van der Waals surface area contributed by atoms with Crippen molar-refractivity contribution in [3.05, 3.63) is 387 Å². The molecule has 1 saturated heterocycles. The van der Waals surface area contributed by atoms with Crippen molar-refractivity contribution in [3.63, 3.8) is 0 Å². The Kier molecular flexibility index (Phi) is 30.9. The number of nitrogens with one attached hydrogen (secondary N) is 4. The van der Waals surface area contributed by atoms with Crippen molar-refractivity contribution in [2.24, 2.45) is 0 Å². The van der Waals surface area contributed by atoms with Crippen LogP contribution < -0.4 is 33.2 Å². The van der Waals surface area contributed by atoms with E-state index in [1.54, 1.807) is 135 Å². The third kappa shape index (κ3) is 23.0. The first-order valence-electron chi connectivity index (χ1n) is 46.1. The van der Waals surface area contributed by atoms with Gasteiger partial charge in [0.05, 0.1) is 38.6 Å². The van der Waals surface area contributed by atoms with E-state index < -0.39 is 48.3 Å². The van der Waals surface area contributed by atoms with Gasteiger partial charge in [-0.15, -0.1) is 0 Å². The van der Waals surface area contributed by atoms with Gasteiger partial charge in [-0.2, -0.15) is 0 Å². The zero-order valence-electron chi connectivity index (χ0n) is 76.7.